The Hall–Kier alpha value is -2.14. The van der Waals surface area contributed by atoms with Crippen LogP contribution in [0.4, 0.5) is 5.69 Å². The number of aryl methyl sites for hydroxylation is 2. The molecule has 2 N–H and O–H groups in total. The first-order valence-corrected chi connectivity index (χ1v) is 7.80. The Morgan fingerprint density at radius 2 is 2.05 bits per heavy atom. The Balaban J connectivity index is 1.90. The van der Waals surface area contributed by atoms with Gasteiger partial charge in [-0.1, -0.05) is 32.0 Å². The Morgan fingerprint density at radius 3 is 2.73 bits per heavy atom. The fourth-order valence-corrected chi connectivity index (χ4v) is 2.88. The van der Waals surface area contributed by atoms with E-state index in [1.165, 1.54) is 0 Å². The van der Waals surface area contributed by atoms with Crippen LogP contribution in [0.2, 0.25) is 0 Å². The number of benzene rings is 1. The lowest BCUT2D eigenvalue weighted by atomic mass is 10.0. The summed E-state index contributed by atoms with van der Waals surface area (Å²) >= 11 is 0. The van der Waals surface area contributed by atoms with Crippen LogP contribution in [0, 0.1) is 0 Å². The summed E-state index contributed by atoms with van der Waals surface area (Å²) in [6, 6.07) is 6.15. The molecule has 1 aliphatic rings. The number of rotatable bonds is 4. The standard InChI is InChI=1S/C17H21N3O2/c1-3-11-6-5-7-12(4-2)15(11)18-17(21)16-13-10-22-9-8-14(13)19-20-16/h5-7H,3-4,8-10H2,1-2H3,(H,18,21)(H,19,20). The summed E-state index contributed by atoms with van der Waals surface area (Å²) in [7, 11) is 0. The maximum atomic E-state index is 12.6. The third-order valence-corrected chi connectivity index (χ3v) is 4.15. The predicted octanol–water partition coefficient (Wildman–Crippen LogP) is 2.86. The van der Waals surface area contributed by atoms with Crippen LogP contribution in [0.5, 0.6) is 0 Å². The van der Waals surface area contributed by atoms with E-state index in [0.717, 1.165) is 47.3 Å². The van der Waals surface area contributed by atoms with Gasteiger partial charge in [0.25, 0.3) is 5.91 Å². The average Bonchev–Trinajstić information content (AvgIpc) is 2.99. The Labute approximate surface area is 130 Å². The Kier molecular flexibility index (Phi) is 4.24. The molecule has 2 aromatic rings. The number of para-hydroxylation sites is 1. The number of amides is 1. The summed E-state index contributed by atoms with van der Waals surface area (Å²) in [6.45, 7) is 5.31. The molecule has 0 bridgehead atoms. The van der Waals surface area contributed by atoms with Gasteiger partial charge >= 0.3 is 0 Å². The van der Waals surface area contributed by atoms with E-state index in [4.69, 9.17) is 4.74 Å². The lowest BCUT2D eigenvalue weighted by Gasteiger charge is -2.15. The minimum Gasteiger partial charge on any atom is -0.376 e. The van der Waals surface area contributed by atoms with Crippen LogP contribution >= 0.6 is 0 Å². The van der Waals surface area contributed by atoms with Crippen molar-refractivity contribution in [1.82, 2.24) is 10.2 Å². The number of anilines is 1. The zero-order chi connectivity index (χ0) is 15.5. The zero-order valence-electron chi connectivity index (χ0n) is 13.0. The smallest absolute Gasteiger partial charge is 0.276 e. The Morgan fingerprint density at radius 1 is 1.32 bits per heavy atom. The quantitative estimate of drug-likeness (QED) is 0.912. The van der Waals surface area contributed by atoms with Crippen LogP contribution in [0.25, 0.3) is 0 Å². The molecule has 5 nitrogen and oxygen atoms in total. The predicted molar refractivity (Wildman–Crippen MR) is 85.1 cm³/mol. The number of aromatic amines is 1. The first kappa shape index (κ1) is 14.8. The molecule has 0 unspecified atom stereocenters. The van der Waals surface area contributed by atoms with E-state index in [2.05, 4.69) is 41.5 Å². The van der Waals surface area contributed by atoms with E-state index in [1.807, 2.05) is 6.07 Å². The normalized spacial score (nSPS) is 13.7. The van der Waals surface area contributed by atoms with E-state index >= 15 is 0 Å². The molecule has 0 saturated carbocycles. The zero-order valence-corrected chi connectivity index (χ0v) is 13.0. The van der Waals surface area contributed by atoms with Gasteiger partial charge in [-0.25, -0.2) is 0 Å². The van der Waals surface area contributed by atoms with Crippen LogP contribution in [0.3, 0.4) is 0 Å². The van der Waals surface area contributed by atoms with Crippen molar-refractivity contribution in [3.8, 4) is 0 Å². The van der Waals surface area contributed by atoms with Crippen molar-refractivity contribution >= 4 is 11.6 Å². The van der Waals surface area contributed by atoms with E-state index in [-0.39, 0.29) is 5.91 Å². The number of carbonyl (C=O) groups excluding carboxylic acids is 1. The van der Waals surface area contributed by atoms with Crippen LogP contribution in [-0.2, 0) is 30.6 Å². The molecule has 0 fully saturated rings. The summed E-state index contributed by atoms with van der Waals surface area (Å²) in [5.74, 6) is -0.168. The number of ether oxygens (including phenoxy) is 1. The molecule has 1 aromatic heterocycles. The van der Waals surface area contributed by atoms with Gasteiger partial charge in [0.15, 0.2) is 5.69 Å². The maximum absolute atomic E-state index is 12.6. The summed E-state index contributed by atoms with van der Waals surface area (Å²) in [4.78, 5) is 12.6. The molecule has 0 spiro atoms. The number of nitrogens with zero attached hydrogens (tertiary/aromatic N) is 1. The highest BCUT2D eigenvalue weighted by atomic mass is 16.5. The number of nitrogens with one attached hydrogen (secondary N) is 2. The molecule has 22 heavy (non-hydrogen) atoms. The van der Waals surface area contributed by atoms with Crippen molar-refractivity contribution in [2.45, 2.75) is 39.7 Å². The molecular weight excluding hydrogens is 278 g/mol. The highest BCUT2D eigenvalue weighted by molar-refractivity contribution is 6.04. The number of H-pyrrole nitrogens is 1. The van der Waals surface area contributed by atoms with Crippen molar-refractivity contribution in [1.29, 1.82) is 0 Å². The number of hydrogen-bond donors (Lipinski definition) is 2. The number of fused-ring (bicyclic) bond motifs is 1. The molecule has 0 saturated heterocycles. The van der Waals surface area contributed by atoms with Crippen LogP contribution in [0.15, 0.2) is 18.2 Å². The minimum atomic E-state index is -0.168. The first-order chi connectivity index (χ1) is 10.7. The van der Waals surface area contributed by atoms with Crippen molar-refractivity contribution in [3.05, 3.63) is 46.3 Å². The molecule has 0 aliphatic carbocycles. The van der Waals surface area contributed by atoms with Crippen molar-refractivity contribution in [3.63, 3.8) is 0 Å². The molecule has 0 radical (unpaired) electrons. The lowest BCUT2D eigenvalue weighted by molar-refractivity contribution is 0.0985. The van der Waals surface area contributed by atoms with Gasteiger partial charge in [-0.05, 0) is 24.0 Å². The largest absolute Gasteiger partial charge is 0.376 e. The van der Waals surface area contributed by atoms with Crippen molar-refractivity contribution in [2.24, 2.45) is 0 Å². The molecule has 5 heteroatoms. The molecule has 3 rings (SSSR count). The molecule has 2 heterocycles. The van der Waals surface area contributed by atoms with Gasteiger partial charge in [-0.15, -0.1) is 0 Å². The highest BCUT2D eigenvalue weighted by Gasteiger charge is 2.23. The second-order valence-corrected chi connectivity index (χ2v) is 5.44. The van der Waals surface area contributed by atoms with Gasteiger partial charge in [0, 0.05) is 23.4 Å². The SMILES string of the molecule is CCc1cccc(CC)c1NC(=O)c1n[nH]c2c1COCC2. The van der Waals surface area contributed by atoms with Crippen molar-refractivity contribution < 1.29 is 9.53 Å². The summed E-state index contributed by atoms with van der Waals surface area (Å²) in [5.41, 5.74) is 5.56. The van der Waals surface area contributed by atoms with E-state index in [0.29, 0.717) is 18.9 Å². The van der Waals surface area contributed by atoms with Gasteiger partial charge in [-0.3, -0.25) is 9.89 Å². The van der Waals surface area contributed by atoms with Crippen molar-refractivity contribution in [2.75, 3.05) is 11.9 Å². The second-order valence-electron chi connectivity index (χ2n) is 5.44. The highest BCUT2D eigenvalue weighted by Crippen LogP contribution is 2.24. The number of hydrogen-bond acceptors (Lipinski definition) is 3. The van der Waals surface area contributed by atoms with Gasteiger partial charge < -0.3 is 10.1 Å². The second kappa shape index (κ2) is 6.32. The maximum Gasteiger partial charge on any atom is 0.276 e. The monoisotopic (exact) mass is 299 g/mol. The minimum absolute atomic E-state index is 0.168. The van der Waals surface area contributed by atoms with E-state index in [9.17, 15) is 4.79 Å². The summed E-state index contributed by atoms with van der Waals surface area (Å²) < 4.78 is 5.45. The number of aromatic nitrogens is 2. The van der Waals surface area contributed by atoms with E-state index in [1.54, 1.807) is 0 Å². The molecule has 116 valence electrons. The third-order valence-electron chi connectivity index (χ3n) is 4.15. The third kappa shape index (κ3) is 2.64. The fourth-order valence-electron chi connectivity index (χ4n) is 2.88. The van der Waals surface area contributed by atoms with Crippen LogP contribution in [-0.4, -0.2) is 22.7 Å². The average molecular weight is 299 g/mol. The lowest BCUT2D eigenvalue weighted by Crippen LogP contribution is -2.18. The number of carbonyl (C=O) groups is 1. The van der Waals surface area contributed by atoms with E-state index < -0.39 is 0 Å². The molecular formula is C17H21N3O2. The Bertz CT molecular complexity index is 669. The van der Waals surface area contributed by atoms with Gasteiger partial charge in [0.1, 0.15) is 0 Å². The molecule has 0 atom stereocenters. The molecule has 1 amide bonds. The first-order valence-electron chi connectivity index (χ1n) is 7.80. The van der Waals surface area contributed by atoms with Gasteiger partial charge in [-0.2, -0.15) is 5.10 Å². The van der Waals surface area contributed by atoms with Gasteiger partial charge in [0.05, 0.1) is 13.2 Å². The van der Waals surface area contributed by atoms with Gasteiger partial charge in [0.2, 0.25) is 0 Å². The van der Waals surface area contributed by atoms with Crippen LogP contribution in [0.1, 0.15) is 46.7 Å². The molecule has 1 aliphatic heterocycles. The molecule has 1 aromatic carbocycles. The summed E-state index contributed by atoms with van der Waals surface area (Å²) in [5, 5.41) is 10.2. The topological polar surface area (TPSA) is 67.0 Å². The summed E-state index contributed by atoms with van der Waals surface area (Å²) in [6.07, 6.45) is 2.54. The van der Waals surface area contributed by atoms with Crippen LogP contribution < -0.4 is 5.32 Å². The fraction of sp³-hybridized carbons (Fsp3) is 0.412.